The fourth-order valence-corrected chi connectivity index (χ4v) is 8.98. The molecule has 0 aromatic heterocycles. The molecule has 0 aliphatic heterocycles. The van der Waals surface area contributed by atoms with Crippen molar-refractivity contribution < 1.29 is 42.1 Å². The van der Waals surface area contributed by atoms with Crippen molar-refractivity contribution in [3.63, 3.8) is 0 Å². The van der Waals surface area contributed by atoms with E-state index in [0.29, 0.717) is 17.4 Å². The minimum atomic E-state index is -4.64. The highest BCUT2D eigenvalue weighted by Crippen LogP contribution is 2.38. The third-order valence-electron chi connectivity index (χ3n) is 12.8. The summed E-state index contributed by atoms with van der Waals surface area (Å²) in [6.45, 7) is 4.22. The summed E-state index contributed by atoms with van der Waals surface area (Å²) in [4.78, 5) is 37.9. The fourth-order valence-electron chi connectivity index (χ4n) is 8.25. The van der Waals surface area contributed by atoms with E-state index in [9.17, 15) is 19.0 Å². The van der Waals surface area contributed by atoms with Gasteiger partial charge in [-0.15, -0.1) is 0 Å². The molecule has 70 heavy (non-hydrogen) atoms. The van der Waals surface area contributed by atoms with E-state index in [4.69, 9.17) is 18.5 Å². The molecule has 2 atom stereocenters. The van der Waals surface area contributed by atoms with E-state index in [0.717, 1.165) is 70.6 Å². The van der Waals surface area contributed by atoms with Crippen LogP contribution in [0.5, 0.6) is 0 Å². The summed E-state index contributed by atoms with van der Waals surface area (Å²) in [6, 6.07) is 0. The Hall–Kier alpha value is -2.03. The predicted molar refractivity (Wildman–Crippen MR) is 296 cm³/mol. The Balaban J connectivity index is 4.13. The molecule has 0 aliphatic carbocycles. The minimum Gasteiger partial charge on any atom is -0.756 e. The fraction of sp³-hybridized carbons (Fsp3) is 0.833. The van der Waals surface area contributed by atoms with Crippen LogP contribution < -0.4 is 4.89 Å². The molecule has 410 valence electrons. The number of ether oxygens (including phenoxy) is 2. The van der Waals surface area contributed by atoms with Crippen LogP contribution in [0.2, 0.25) is 0 Å². The molecule has 0 aromatic carbocycles. The summed E-state index contributed by atoms with van der Waals surface area (Å²) in [5.41, 5.74) is 0. The molecular weight excluding hydrogens is 894 g/mol. The lowest BCUT2D eigenvalue weighted by Crippen LogP contribution is -2.37. The normalized spacial score (nSPS) is 13.6. The van der Waals surface area contributed by atoms with Gasteiger partial charge in [0.1, 0.15) is 19.8 Å². The average molecular weight is 1010 g/mol. The zero-order valence-corrected chi connectivity index (χ0v) is 47.4. The molecule has 2 unspecified atom stereocenters. The van der Waals surface area contributed by atoms with Gasteiger partial charge in [0.25, 0.3) is 7.82 Å². The minimum absolute atomic E-state index is 0.0338. The second-order valence-corrected chi connectivity index (χ2v) is 22.4. The van der Waals surface area contributed by atoms with Gasteiger partial charge >= 0.3 is 11.9 Å². The predicted octanol–water partition coefficient (Wildman–Crippen LogP) is 17.5. The summed E-state index contributed by atoms with van der Waals surface area (Å²) in [7, 11) is 1.16. The number of unbranched alkanes of at least 4 members (excludes halogenated alkanes) is 32. The summed E-state index contributed by atoms with van der Waals surface area (Å²) >= 11 is 0. The molecule has 0 rings (SSSR count). The second kappa shape index (κ2) is 51.9. The van der Waals surface area contributed by atoms with Gasteiger partial charge < -0.3 is 27.9 Å². The number of nitrogens with zero attached hydrogens (tertiary/aromatic N) is 1. The zero-order chi connectivity index (χ0) is 51.3. The number of carbonyl (C=O) groups is 2. The average Bonchev–Trinajstić information content (AvgIpc) is 3.32. The van der Waals surface area contributed by atoms with Crippen molar-refractivity contribution in [3.8, 4) is 0 Å². The number of allylic oxidation sites excluding steroid dienone is 8. The number of hydrogen-bond acceptors (Lipinski definition) is 8. The van der Waals surface area contributed by atoms with Crippen LogP contribution in [0.1, 0.15) is 271 Å². The molecule has 0 fully saturated rings. The van der Waals surface area contributed by atoms with Gasteiger partial charge in [0.15, 0.2) is 6.10 Å². The first-order valence-corrected chi connectivity index (χ1v) is 30.8. The number of phosphoric ester groups is 1. The van der Waals surface area contributed by atoms with E-state index in [1.54, 1.807) is 0 Å². The van der Waals surface area contributed by atoms with Crippen molar-refractivity contribution in [2.75, 3.05) is 47.5 Å². The Morgan fingerprint density at radius 3 is 1.19 bits per heavy atom. The molecule has 0 saturated carbocycles. The van der Waals surface area contributed by atoms with Crippen LogP contribution in [0.25, 0.3) is 0 Å². The van der Waals surface area contributed by atoms with Crippen LogP contribution in [-0.4, -0.2) is 70.0 Å². The van der Waals surface area contributed by atoms with Crippen molar-refractivity contribution in [3.05, 3.63) is 48.6 Å². The Bertz CT molecular complexity index is 1320. The lowest BCUT2D eigenvalue weighted by molar-refractivity contribution is -0.870. The number of rotatable bonds is 54. The first-order chi connectivity index (χ1) is 34.0. The first kappa shape index (κ1) is 68.0. The highest BCUT2D eigenvalue weighted by atomic mass is 31.2. The summed E-state index contributed by atoms with van der Waals surface area (Å²) < 4.78 is 34.1. The van der Waals surface area contributed by atoms with Crippen LogP contribution >= 0.6 is 7.82 Å². The van der Waals surface area contributed by atoms with Crippen LogP contribution in [0.15, 0.2) is 48.6 Å². The number of esters is 2. The molecule has 0 N–H and O–H groups in total. The van der Waals surface area contributed by atoms with Gasteiger partial charge in [0.05, 0.1) is 27.7 Å². The van der Waals surface area contributed by atoms with Crippen molar-refractivity contribution in [1.82, 2.24) is 0 Å². The van der Waals surface area contributed by atoms with Gasteiger partial charge in [-0.2, -0.15) is 0 Å². The number of likely N-dealkylation sites (N-methyl/N-ethyl adjacent to an activating group) is 1. The third-order valence-corrected chi connectivity index (χ3v) is 13.8. The lowest BCUT2D eigenvalue weighted by Gasteiger charge is -2.28. The van der Waals surface area contributed by atoms with Crippen molar-refractivity contribution in [2.24, 2.45) is 0 Å². The summed E-state index contributed by atoms with van der Waals surface area (Å²) in [5.74, 6) is -0.839. The molecule has 0 amide bonds. The molecule has 0 saturated heterocycles. The summed E-state index contributed by atoms with van der Waals surface area (Å²) in [5, 5.41) is 0. The number of phosphoric acid groups is 1. The van der Waals surface area contributed by atoms with Gasteiger partial charge in [0, 0.05) is 12.8 Å². The van der Waals surface area contributed by atoms with Gasteiger partial charge in [-0.05, 0) is 77.0 Å². The molecule has 9 nitrogen and oxygen atoms in total. The molecule has 0 aliphatic rings. The van der Waals surface area contributed by atoms with Crippen molar-refractivity contribution in [1.29, 1.82) is 0 Å². The highest BCUT2D eigenvalue weighted by Gasteiger charge is 2.22. The standard InChI is InChI=1S/C60H112NO8P/c1-6-8-10-12-14-16-18-20-22-24-26-27-28-29-30-31-32-33-35-36-38-40-42-44-46-48-50-52-59(62)66-56-58(57-68-70(64,65)67-55-54-61(3,4)5)69-60(63)53-51-49-47-45-43-41-39-37-34-25-23-21-19-17-15-13-11-9-7-2/h15,17,21,23-24,26,34,37,58H,6-14,16,18-20,22,25,27-33,35-36,38-57H2,1-5H3/b17-15-,23-21-,26-24-,37-34-. The molecular formula is C60H112NO8P. The number of quaternary nitrogens is 1. The zero-order valence-electron chi connectivity index (χ0n) is 46.5. The Labute approximate surface area is 433 Å². The second-order valence-electron chi connectivity index (χ2n) is 21.0. The van der Waals surface area contributed by atoms with E-state index >= 15 is 0 Å². The Kier molecular flexibility index (Phi) is 50.4. The van der Waals surface area contributed by atoms with E-state index in [2.05, 4.69) is 62.5 Å². The van der Waals surface area contributed by atoms with E-state index in [1.165, 1.54) is 167 Å². The van der Waals surface area contributed by atoms with Crippen LogP contribution in [0.4, 0.5) is 0 Å². The molecule has 0 spiro atoms. The molecule has 10 heteroatoms. The maximum absolute atomic E-state index is 12.8. The quantitative estimate of drug-likeness (QED) is 0.0195. The van der Waals surface area contributed by atoms with Gasteiger partial charge in [-0.1, -0.05) is 229 Å². The Morgan fingerprint density at radius 1 is 0.443 bits per heavy atom. The lowest BCUT2D eigenvalue weighted by atomic mass is 10.0. The Morgan fingerprint density at radius 2 is 0.771 bits per heavy atom. The monoisotopic (exact) mass is 1010 g/mol. The van der Waals surface area contributed by atoms with E-state index < -0.39 is 26.5 Å². The van der Waals surface area contributed by atoms with Crippen LogP contribution in [0.3, 0.4) is 0 Å². The molecule has 0 bridgehead atoms. The maximum atomic E-state index is 12.8. The molecule has 0 aromatic rings. The highest BCUT2D eigenvalue weighted by molar-refractivity contribution is 7.45. The largest absolute Gasteiger partial charge is 0.756 e. The topological polar surface area (TPSA) is 111 Å². The van der Waals surface area contributed by atoms with Crippen LogP contribution in [-0.2, 0) is 32.7 Å². The number of hydrogen-bond donors (Lipinski definition) is 0. The number of carbonyl (C=O) groups excluding carboxylic acids is 2. The van der Waals surface area contributed by atoms with Gasteiger partial charge in [-0.3, -0.25) is 14.2 Å². The summed E-state index contributed by atoms with van der Waals surface area (Å²) in [6.07, 6.45) is 64.4. The van der Waals surface area contributed by atoms with E-state index in [-0.39, 0.29) is 32.0 Å². The smallest absolute Gasteiger partial charge is 0.306 e. The van der Waals surface area contributed by atoms with E-state index in [1.807, 2.05) is 21.1 Å². The van der Waals surface area contributed by atoms with Gasteiger partial charge in [0.2, 0.25) is 0 Å². The first-order valence-electron chi connectivity index (χ1n) is 29.3. The van der Waals surface area contributed by atoms with Crippen molar-refractivity contribution >= 4 is 19.8 Å². The maximum Gasteiger partial charge on any atom is 0.306 e. The van der Waals surface area contributed by atoms with Crippen LogP contribution in [0, 0.1) is 0 Å². The van der Waals surface area contributed by atoms with Gasteiger partial charge in [-0.25, -0.2) is 0 Å². The molecule has 0 radical (unpaired) electrons. The third kappa shape index (κ3) is 55.3. The van der Waals surface area contributed by atoms with Crippen molar-refractivity contribution in [2.45, 2.75) is 277 Å². The molecule has 0 heterocycles. The SMILES string of the molecule is CCCCC/C=C\C/C=C\C/C=C\CCCCCCCCC(=O)OC(COC(=O)CCCCCCCCCCCCCCCCC/C=C\CCCCCCCCCC)COP(=O)([O-])OCC[N+](C)(C)C.